The first-order valence-corrected chi connectivity index (χ1v) is 4.28. The Hall–Kier alpha value is -0.860. The first-order chi connectivity index (χ1) is 6.07. The molecule has 0 aliphatic carbocycles. The van der Waals surface area contributed by atoms with Crippen molar-refractivity contribution in [1.29, 1.82) is 0 Å². The van der Waals surface area contributed by atoms with Gasteiger partial charge in [0, 0.05) is 5.56 Å². The molecule has 3 heteroatoms. The maximum Gasteiger partial charge on any atom is 0.129 e. The van der Waals surface area contributed by atoms with Crippen molar-refractivity contribution in [2.24, 2.45) is 5.73 Å². The highest BCUT2D eigenvalue weighted by atomic mass is 35.5. The van der Waals surface area contributed by atoms with Crippen LogP contribution in [0.4, 0.5) is 4.39 Å². The minimum atomic E-state index is -0.549. The molecule has 1 aromatic carbocycles. The molecule has 0 aliphatic rings. The lowest BCUT2D eigenvalue weighted by molar-refractivity contribution is 0.602. The molecule has 0 amide bonds. The van der Waals surface area contributed by atoms with Gasteiger partial charge in [0.1, 0.15) is 5.82 Å². The molecule has 0 aliphatic heterocycles. The molecule has 2 N–H and O–H groups in total. The monoisotopic (exact) mass is 199 g/mol. The summed E-state index contributed by atoms with van der Waals surface area (Å²) in [5.41, 5.74) is 6.75. The molecule has 1 nitrogen and oxygen atoms in total. The average molecular weight is 200 g/mol. The van der Waals surface area contributed by atoms with Crippen molar-refractivity contribution in [2.75, 3.05) is 0 Å². The molecule has 0 fully saturated rings. The number of halogens is 2. The Balaban J connectivity index is 3.32. The van der Waals surface area contributed by atoms with E-state index in [-0.39, 0.29) is 5.82 Å². The molecular weight excluding hydrogens is 189 g/mol. The van der Waals surface area contributed by atoms with Crippen molar-refractivity contribution in [3.05, 3.63) is 46.8 Å². The third-order valence-corrected chi connectivity index (χ3v) is 2.41. The SMILES string of the molecule is C=C[C@@H](N)c1c(F)ccc(C)c1Cl. The number of rotatable bonds is 2. The van der Waals surface area contributed by atoms with Gasteiger partial charge in [-0.2, -0.15) is 0 Å². The fourth-order valence-electron chi connectivity index (χ4n) is 1.10. The lowest BCUT2D eigenvalue weighted by Crippen LogP contribution is -2.10. The predicted molar refractivity (Wildman–Crippen MR) is 53.3 cm³/mol. The molecule has 0 saturated heterocycles. The van der Waals surface area contributed by atoms with Crippen molar-refractivity contribution in [3.8, 4) is 0 Å². The van der Waals surface area contributed by atoms with E-state index < -0.39 is 6.04 Å². The lowest BCUT2D eigenvalue weighted by Gasteiger charge is -2.11. The molecule has 0 heterocycles. The second-order valence-electron chi connectivity index (χ2n) is 2.85. The first kappa shape index (κ1) is 10.2. The number of aryl methyl sites for hydroxylation is 1. The van der Waals surface area contributed by atoms with Gasteiger partial charge in [-0.1, -0.05) is 23.7 Å². The summed E-state index contributed by atoms with van der Waals surface area (Å²) in [4.78, 5) is 0. The third-order valence-electron chi connectivity index (χ3n) is 1.91. The maximum absolute atomic E-state index is 13.3. The standard InChI is InChI=1S/C10H11ClFN/c1-3-8(13)9-7(12)5-4-6(2)10(9)11/h3-5,8H,1,13H2,2H3/t8-/m1/s1. The number of nitrogens with two attached hydrogens (primary N) is 1. The van der Waals surface area contributed by atoms with Crippen molar-refractivity contribution >= 4 is 11.6 Å². The molecule has 0 aromatic heterocycles. The van der Waals surface area contributed by atoms with E-state index in [0.717, 1.165) is 5.56 Å². The summed E-state index contributed by atoms with van der Waals surface area (Å²) < 4.78 is 13.3. The summed E-state index contributed by atoms with van der Waals surface area (Å²) in [6.45, 7) is 5.31. The Morgan fingerprint density at radius 1 is 1.62 bits per heavy atom. The van der Waals surface area contributed by atoms with E-state index in [1.165, 1.54) is 12.1 Å². The fourth-order valence-corrected chi connectivity index (χ4v) is 1.38. The van der Waals surface area contributed by atoms with Crippen LogP contribution in [0, 0.1) is 12.7 Å². The molecule has 70 valence electrons. The maximum atomic E-state index is 13.3. The second kappa shape index (κ2) is 3.90. The van der Waals surface area contributed by atoms with Crippen LogP contribution >= 0.6 is 11.6 Å². The van der Waals surface area contributed by atoms with E-state index in [1.54, 1.807) is 13.0 Å². The molecule has 1 aromatic rings. The normalized spacial score (nSPS) is 12.6. The van der Waals surface area contributed by atoms with Crippen LogP contribution in [0.1, 0.15) is 17.2 Å². The van der Waals surface area contributed by atoms with Crippen LogP contribution in [-0.4, -0.2) is 0 Å². The van der Waals surface area contributed by atoms with Crippen LogP contribution in [0.25, 0.3) is 0 Å². The quantitative estimate of drug-likeness (QED) is 0.729. The molecule has 0 radical (unpaired) electrons. The summed E-state index contributed by atoms with van der Waals surface area (Å²) in [7, 11) is 0. The van der Waals surface area contributed by atoms with E-state index in [4.69, 9.17) is 17.3 Å². The van der Waals surface area contributed by atoms with Gasteiger partial charge in [-0.3, -0.25) is 0 Å². The van der Waals surface area contributed by atoms with Gasteiger partial charge in [0.25, 0.3) is 0 Å². The molecule has 0 spiro atoms. The van der Waals surface area contributed by atoms with Crippen molar-refractivity contribution < 1.29 is 4.39 Å². The van der Waals surface area contributed by atoms with Crippen LogP contribution < -0.4 is 5.73 Å². The van der Waals surface area contributed by atoms with Crippen molar-refractivity contribution in [3.63, 3.8) is 0 Å². The van der Waals surface area contributed by atoms with Crippen molar-refractivity contribution in [2.45, 2.75) is 13.0 Å². The Kier molecular flexibility index (Phi) is 3.07. The van der Waals surface area contributed by atoms with Crippen molar-refractivity contribution in [1.82, 2.24) is 0 Å². The Morgan fingerprint density at radius 3 is 2.77 bits per heavy atom. The van der Waals surface area contributed by atoms with Gasteiger partial charge in [0.05, 0.1) is 11.1 Å². The molecule has 0 unspecified atom stereocenters. The Morgan fingerprint density at radius 2 is 2.23 bits per heavy atom. The summed E-state index contributed by atoms with van der Waals surface area (Å²) in [6.07, 6.45) is 1.46. The van der Waals surface area contributed by atoms with Gasteiger partial charge in [-0.25, -0.2) is 4.39 Å². The van der Waals surface area contributed by atoms with Gasteiger partial charge in [-0.05, 0) is 18.6 Å². The zero-order chi connectivity index (χ0) is 10.0. The largest absolute Gasteiger partial charge is 0.321 e. The van der Waals surface area contributed by atoms with E-state index in [0.29, 0.717) is 10.6 Å². The smallest absolute Gasteiger partial charge is 0.129 e. The van der Waals surface area contributed by atoms with Crippen LogP contribution in [0.3, 0.4) is 0 Å². The fraction of sp³-hybridized carbons (Fsp3) is 0.200. The average Bonchev–Trinajstić information content (AvgIpc) is 2.12. The van der Waals surface area contributed by atoms with Gasteiger partial charge in [-0.15, -0.1) is 6.58 Å². The van der Waals surface area contributed by atoms with Gasteiger partial charge in [0.2, 0.25) is 0 Å². The van der Waals surface area contributed by atoms with E-state index in [1.807, 2.05) is 0 Å². The number of hydrogen-bond donors (Lipinski definition) is 1. The van der Waals surface area contributed by atoms with Crippen LogP contribution in [-0.2, 0) is 0 Å². The minimum absolute atomic E-state index is 0.316. The first-order valence-electron chi connectivity index (χ1n) is 3.90. The summed E-state index contributed by atoms with van der Waals surface area (Å²) in [5.74, 6) is -0.386. The molecule has 0 bridgehead atoms. The van der Waals surface area contributed by atoms with Crippen LogP contribution in [0.2, 0.25) is 5.02 Å². The van der Waals surface area contributed by atoms with Gasteiger partial charge < -0.3 is 5.73 Å². The Bertz CT molecular complexity index is 336. The highest BCUT2D eigenvalue weighted by molar-refractivity contribution is 6.32. The van der Waals surface area contributed by atoms with Crippen LogP contribution in [0.15, 0.2) is 24.8 Å². The highest BCUT2D eigenvalue weighted by Gasteiger charge is 2.13. The molecular formula is C10H11ClFN. The molecule has 13 heavy (non-hydrogen) atoms. The number of benzene rings is 1. The second-order valence-corrected chi connectivity index (χ2v) is 3.23. The minimum Gasteiger partial charge on any atom is -0.321 e. The van der Waals surface area contributed by atoms with Gasteiger partial charge >= 0.3 is 0 Å². The topological polar surface area (TPSA) is 26.0 Å². The molecule has 1 atom stereocenters. The van der Waals surface area contributed by atoms with Gasteiger partial charge in [0.15, 0.2) is 0 Å². The summed E-state index contributed by atoms with van der Waals surface area (Å²) in [5, 5.41) is 0.382. The highest BCUT2D eigenvalue weighted by Crippen LogP contribution is 2.28. The zero-order valence-electron chi connectivity index (χ0n) is 7.35. The zero-order valence-corrected chi connectivity index (χ0v) is 8.11. The predicted octanol–water partition coefficient (Wildman–Crippen LogP) is 2.97. The number of hydrogen-bond acceptors (Lipinski definition) is 1. The van der Waals surface area contributed by atoms with E-state index in [2.05, 4.69) is 6.58 Å². The lowest BCUT2D eigenvalue weighted by atomic mass is 10.0. The summed E-state index contributed by atoms with van der Waals surface area (Å²) in [6, 6.07) is 2.43. The molecule has 0 saturated carbocycles. The van der Waals surface area contributed by atoms with Crippen LogP contribution in [0.5, 0.6) is 0 Å². The third kappa shape index (κ3) is 1.90. The van der Waals surface area contributed by atoms with E-state index in [9.17, 15) is 4.39 Å². The summed E-state index contributed by atoms with van der Waals surface area (Å²) >= 11 is 5.90. The van der Waals surface area contributed by atoms with E-state index >= 15 is 0 Å². The Labute approximate surface area is 82.0 Å². The molecule has 1 rings (SSSR count).